The lowest BCUT2D eigenvalue weighted by atomic mass is 9.73. The predicted octanol–water partition coefficient (Wildman–Crippen LogP) is 3.02. The van der Waals surface area contributed by atoms with Gasteiger partial charge >= 0.3 is 0 Å². The molecule has 2 nitrogen and oxygen atoms in total. The van der Waals surface area contributed by atoms with Gasteiger partial charge in [-0.05, 0) is 48.6 Å². The number of aliphatic hydroxyl groups excluding tert-OH is 2. The van der Waals surface area contributed by atoms with Crippen LogP contribution in [0.5, 0.6) is 0 Å². The first-order valence-electron chi connectivity index (χ1n) is 7.69. The van der Waals surface area contributed by atoms with E-state index in [1.165, 1.54) is 30.4 Å². The minimum absolute atomic E-state index is 0.319. The molecule has 1 fully saturated rings. The summed E-state index contributed by atoms with van der Waals surface area (Å²) < 4.78 is 0. The van der Waals surface area contributed by atoms with Gasteiger partial charge in [0.25, 0.3) is 0 Å². The van der Waals surface area contributed by atoms with Crippen LogP contribution in [-0.4, -0.2) is 22.4 Å². The van der Waals surface area contributed by atoms with Gasteiger partial charge in [-0.3, -0.25) is 0 Å². The Kier molecular flexibility index (Phi) is 3.90. The molecule has 2 N–H and O–H groups in total. The number of benzene rings is 1. The van der Waals surface area contributed by atoms with Crippen molar-refractivity contribution in [3.63, 3.8) is 0 Å². The van der Waals surface area contributed by atoms with E-state index in [0.717, 1.165) is 19.3 Å². The molecule has 0 heterocycles. The second-order valence-electron chi connectivity index (χ2n) is 6.29. The van der Waals surface area contributed by atoms with Gasteiger partial charge in [-0.15, -0.1) is 0 Å². The molecule has 0 aromatic heterocycles. The number of hydrogen-bond acceptors (Lipinski definition) is 2. The summed E-state index contributed by atoms with van der Waals surface area (Å²) in [6, 6.07) is 8.45. The zero-order chi connectivity index (χ0) is 13.2. The minimum atomic E-state index is -0.554. The van der Waals surface area contributed by atoms with Crippen LogP contribution in [0.1, 0.15) is 55.6 Å². The normalized spacial score (nSPS) is 26.3. The van der Waals surface area contributed by atoms with Crippen molar-refractivity contribution in [3.05, 3.63) is 35.4 Å². The van der Waals surface area contributed by atoms with Crippen LogP contribution in [-0.2, 0) is 6.42 Å². The lowest BCUT2D eigenvalue weighted by Crippen LogP contribution is -2.37. The van der Waals surface area contributed by atoms with Crippen LogP contribution in [0.3, 0.4) is 0 Å². The van der Waals surface area contributed by atoms with E-state index in [2.05, 4.69) is 24.3 Å². The van der Waals surface area contributed by atoms with E-state index >= 15 is 0 Å². The minimum Gasteiger partial charge on any atom is -0.390 e. The molecule has 2 aliphatic carbocycles. The van der Waals surface area contributed by atoms with E-state index in [9.17, 15) is 10.2 Å². The summed E-state index contributed by atoms with van der Waals surface area (Å²) in [4.78, 5) is 0. The van der Waals surface area contributed by atoms with Crippen molar-refractivity contribution < 1.29 is 10.2 Å². The molecule has 0 amide bonds. The summed E-state index contributed by atoms with van der Waals surface area (Å²) in [6.07, 6.45) is 6.57. The molecule has 3 unspecified atom stereocenters. The quantitative estimate of drug-likeness (QED) is 0.873. The topological polar surface area (TPSA) is 40.5 Å². The zero-order valence-corrected chi connectivity index (χ0v) is 11.5. The van der Waals surface area contributed by atoms with Crippen molar-refractivity contribution in [2.45, 2.75) is 63.1 Å². The molecule has 0 bridgehead atoms. The predicted molar refractivity (Wildman–Crippen MR) is 76.1 cm³/mol. The second kappa shape index (κ2) is 5.64. The van der Waals surface area contributed by atoms with E-state index in [-0.39, 0.29) is 0 Å². The summed E-state index contributed by atoms with van der Waals surface area (Å²) in [7, 11) is 0. The van der Waals surface area contributed by atoms with Crippen molar-refractivity contribution in [3.8, 4) is 0 Å². The van der Waals surface area contributed by atoms with Crippen LogP contribution in [0.15, 0.2) is 24.3 Å². The molecule has 1 saturated carbocycles. The van der Waals surface area contributed by atoms with Gasteiger partial charge in [0.1, 0.15) is 0 Å². The van der Waals surface area contributed by atoms with Gasteiger partial charge in [0.05, 0.1) is 12.2 Å². The molecule has 1 aromatic rings. The van der Waals surface area contributed by atoms with Crippen molar-refractivity contribution in [2.24, 2.45) is 5.92 Å². The highest BCUT2D eigenvalue weighted by atomic mass is 16.3. The molecular formula is C17H24O2. The van der Waals surface area contributed by atoms with E-state index in [1.54, 1.807) is 0 Å². The molecule has 1 aromatic carbocycles. The van der Waals surface area contributed by atoms with Gasteiger partial charge in [0.15, 0.2) is 0 Å². The molecule has 0 spiro atoms. The number of hydrogen-bond donors (Lipinski definition) is 2. The summed E-state index contributed by atoms with van der Waals surface area (Å²) in [5, 5.41) is 20.6. The van der Waals surface area contributed by atoms with Gasteiger partial charge in [-0.25, -0.2) is 0 Å². The summed E-state index contributed by atoms with van der Waals surface area (Å²) in [5.41, 5.74) is 2.78. The van der Waals surface area contributed by atoms with Crippen LogP contribution >= 0.6 is 0 Å². The number of rotatable bonds is 4. The van der Waals surface area contributed by atoms with Gasteiger partial charge in [-0.1, -0.05) is 43.5 Å². The highest BCUT2D eigenvalue weighted by Crippen LogP contribution is 2.39. The first-order valence-corrected chi connectivity index (χ1v) is 7.69. The molecular weight excluding hydrogens is 236 g/mol. The SMILES string of the molecule is OC(CC1Cc2ccccc21)C(O)C1CCCCC1. The smallest absolute Gasteiger partial charge is 0.0827 e. The Morgan fingerprint density at radius 3 is 2.53 bits per heavy atom. The van der Waals surface area contributed by atoms with Crippen molar-refractivity contribution >= 4 is 0 Å². The van der Waals surface area contributed by atoms with Gasteiger partial charge in [-0.2, -0.15) is 0 Å². The largest absolute Gasteiger partial charge is 0.390 e. The van der Waals surface area contributed by atoms with Crippen molar-refractivity contribution in [1.29, 1.82) is 0 Å². The molecule has 104 valence electrons. The van der Waals surface area contributed by atoms with Crippen LogP contribution in [0.4, 0.5) is 0 Å². The highest BCUT2D eigenvalue weighted by Gasteiger charge is 2.33. The maximum Gasteiger partial charge on any atom is 0.0827 e. The third-order valence-electron chi connectivity index (χ3n) is 5.01. The zero-order valence-electron chi connectivity index (χ0n) is 11.5. The lowest BCUT2D eigenvalue weighted by molar-refractivity contribution is -0.0343. The fraction of sp³-hybridized carbons (Fsp3) is 0.647. The Morgan fingerprint density at radius 2 is 1.79 bits per heavy atom. The van der Waals surface area contributed by atoms with E-state index in [4.69, 9.17) is 0 Å². The molecule has 0 saturated heterocycles. The summed E-state index contributed by atoms with van der Waals surface area (Å²) >= 11 is 0. The Hall–Kier alpha value is -0.860. The first kappa shape index (κ1) is 13.1. The average molecular weight is 260 g/mol. The van der Waals surface area contributed by atoms with Crippen LogP contribution in [0.2, 0.25) is 0 Å². The van der Waals surface area contributed by atoms with Gasteiger partial charge in [0, 0.05) is 0 Å². The standard InChI is InChI=1S/C17H24O2/c18-16(17(19)12-6-2-1-3-7-12)11-14-10-13-8-4-5-9-15(13)14/h4-5,8-9,12,14,16-19H,1-3,6-7,10-11H2. The Labute approximate surface area is 115 Å². The summed E-state index contributed by atoms with van der Waals surface area (Å²) in [6.45, 7) is 0. The third-order valence-corrected chi connectivity index (χ3v) is 5.01. The number of aliphatic hydroxyl groups is 2. The van der Waals surface area contributed by atoms with E-state index < -0.39 is 12.2 Å². The number of fused-ring (bicyclic) bond motifs is 1. The van der Waals surface area contributed by atoms with Crippen LogP contribution < -0.4 is 0 Å². The fourth-order valence-corrected chi connectivity index (χ4v) is 3.79. The van der Waals surface area contributed by atoms with E-state index in [1.807, 2.05) is 0 Å². The Balaban J connectivity index is 1.55. The fourth-order valence-electron chi connectivity index (χ4n) is 3.79. The Morgan fingerprint density at radius 1 is 1.05 bits per heavy atom. The highest BCUT2D eigenvalue weighted by molar-refractivity contribution is 5.39. The first-order chi connectivity index (χ1) is 9.25. The molecule has 2 aliphatic rings. The molecule has 3 rings (SSSR count). The molecule has 19 heavy (non-hydrogen) atoms. The maximum atomic E-state index is 10.3. The average Bonchev–Trinajstić information content (AvgIpc) is 2.44. The monoisotopic (exact) mass is 260 g/mol. The van der Waals surface area contributed by atoms with Gasteiger partial charge in [0.2, 0.25) is 0 Å². The Bertz CT molecular complexity index is 423. The van der Waals surface area contributed by atoms with Crippen molar-refractivity contribution in [1.82, 2.24) is 0 Å². The molecule has 3 atom stereocenters. The molecule has 0 radical (unpaired) electrons. The maximum absolute atomic E-state index is 10.3. The van der Waals surface area contributed by atoms with Crippen molar-refractivity contribution in [2.75, 3.05) is 0 Å². The van der Waals surface area contributed by atoms with Gasteiger partial charge < -0.3 is 10.2 Å². The second-order valence-corrected chi connectivity index (χ2v) is 6.29. The lowest BCUT2D eigenvalue weighted by Gasteiger charge is -2.35. The molecule has 0 aliphatic heterocycles. The molecule has 2 heteroatoms. The van der Waals surface area contributed by atoms with Crippen LogP contribution in [0.25, 0.3) is 0 Å². The third kappa shape index (κ3) is 2.70. The van der Waals surface area contributed by atoms with E-state index in [0.29, 0.717) is 18.3 Å². The summed E-state index contributed by atoms with van der Waals surface area (Å²) in [5.74, 6) is 0.767. The van der Waals surface area contributed by atoms with Crippen LogP contribution in [0, 0.1) is 5.92 Å².